The predicted octanol–water partition coefficient (Wildman–Crippen LogP) is 7.26. The van der Waals surface area contributed by atoms with Gasteiger partial charge in [-0.05, 0) is 110 Å². The first-order chi connectivity index (χ1) is 29.7. The van der Waals surface area contributed by atoms with Gasteiger partial charge in [-0.3, -0.25) is 39.2 Å². The molecule has 3 atom stereocenters. The standard InChI is InChI=1S/C49H51ClFN5O5/c50-22-19-39(33-7-3-1-4-8-33)46(34-9-5-2-6-10-34)35-11-15-38(16-12-35)61-26-25-53-23-20-32(21-24-53)29-54-30-36-13-14-37(31-54)55(36)44-28-41-40(27-42(44)51)48(59)56(49(41)60)43-17-18-45(57)52-47(43)58/h1-12,15-16,27-28,32,36-37,43H,13-14,17-26,29-31H2,(H,52,57,58). The Morgan fingerprint density at radius 2 is 1.36 bits per heavy atom. The van der Waals surface area contributed by atoms with Crippen molar-refractivity contribution in [1.82, 2.24) is 20.0 Å². The fraction of sp³-hybridized carbons (Fsp3) is 0.388. The number of piperidine rings is 2. The highest BCUT2D eigenvalue weighted by Gasteiger charge is 2.47. The molecule has 0 saturated carbocycles. The topological polar surface area (TPSA) is 102 Å². The molecule has 0 spiro atoms. The molecule has 0 aromatic heterocycles. The van der Waals surface area contributed by atoms with Crippen molar-refractivity contribution in [2.24, 2.45) is 5.92 Å². The van der Waals surface area contributed by atoms with E-state index in [2.05, 4.69) is 92.8 Å². The zero-order valence-corrected chi connectivity index (χ0v) is 35.0. The summed E-state index contributed by atoms with van der Waals surface area (Å²) in [5.74, 6) is -0.988. The van der Waals surface area contributed by atoms with Gasteiger partial charge in [0.2, 0.25) is 11.8 Å². The molecule has 4 aromatic carbocycles. The Hall–Kier alpha value is -5.36. The molecule has 3 unspecified atom stereocenters. The third kappa shape index (κ3) is 8.48. The van der Waals surface area contributed by atoms with Gasteiger partial charge in [0.05, 0.1) is 16.8 Å². The molecule has 12 heteroatoms. The van der Waals surface area contributed by atoms with Gasteiger partial charge in [-0.2, -0.15) is 0 Å². The Bertz CT molecular complexity index is 2300. The summed E-state index contributed by atoms with van der Waals surface area (Å²) in [6, 6.07) is 31.2. The summed E-state index contributed by atoms with van der Waals surface area (Å²) < 4.78 is 22.1. The number of ether oxygens (including phenoxy) is 1. The summed E-state index contributed by atoms with van der Waals surface area (Å²) in [5.41, 5.74) is 6.29. The number of hydrogen-bond acceptors (Lipinski definition) is 8. The van der Waals surface area contributed by atoms with E-state index < -0.39 is 35.5 Å². The van der Waals surface area contributed by atoms with Crippen molar-refractivity contribution >= 4 is 52.1 Å². The van der Waals surface area contributed by atoms with Crippen molar-refractivity contribution in [1.29, 1.82) is 0 Å². The van der Waals surface area contributed by atoms with Crippen LogP contribution in [0.3, 0.4) is 0 Å². The zero-order chi connectivity index (χ0) is 42.0. The smallest absolute Gasteiger partial charge is 0.262 e. The Kier molecular flexibility index (Phi) is 12.1. The highest BCUT2D eigenvalue weighted by Crippen LogP contribution is 2.40. The second-order valence-electron chi connectivity index (χ2n) is 17.0. The van der Waals surface area contributed by atoms with E-state index in [1.807, 2.05) is 12.1 Å². The molecule has 5 aliphatic rings. The van der Waals surface area contributed by atoms with Crippen LogP contribution < -0.4 is 15.0 Å². The van der Waals surface area contributed by atoms with Gasteiger partial charge in [0.1, 0.15) is 24.2 Å². The monoisotopic (exact) mass is 843 g/mol. The number of piperazine rings is 1. The van der Waals surface area contributed by atoms with Crippen LogP contribution in [0.15, 0.2) is 97.1 Å². The molecule has 4 aromatic rings. The van der Waals surface area contributed by atoms with Crippen molar-refractivity contribution in [3.63, 3.8) is 0 Å². The van der Waals surface area contributed by atoms with Gasteiger partial charge in [-0.15, -0.1) is 11.6 Å². The van der Waals surface area contributed by atoms with Crippen LogP contribution in [-0.4, -0.2) is 108 Å². The van der Waals surface area contributed by atoms with E-state index in [1.165, 1.54) is 22.8 Å². The molecule has 2 bridgehead atoms. The number of halogens is 2. The average Bonchev–Trinajstić information content (AvgIpc) is 3.67. The van der Waals surface area contributed by atoms with Gasteiger partial charge in [0.15, 0.2) is 0 Å². The number of benzene rings is 4. The minimum atomic E-state index is -1.08. The summed E-state index contributed by atoms with van der Waals surface area (Å²) in [4.78, 5) is 59.0. The quantitative estimate of drug-likeness (QED) is 0.0854. The summed E-state index contributed by atoms with van der Waals surface area (Å²) in [5, 5.41) is 2.21. The number of alkyl halides is 1. The summed E-state index contributed by atoms with van der Waals surface area (Å²) >= 11 is 6.35. The maximum atomic E-state index is 15.8. The molecule has 1 N–H and O–H groups in total. The van der Waals surface area contributed by atoms with Crippen molar-refractivity contribution in [3.05, 3.63) is 131 Å². The predicted molar refractivity (Wildman–Crippen MR) is 234 cm³/mol. The first-order valence-electron chi connectivity index (χ1n) is 21.7. The molecule has 4 amide bonds. The van der Waals surface area contributed by atoms with E-state index >= 15 is 4.39 Å². The third-order valence-corrected chi connectivity index (χ3v) is 13.4. The molecule has 4 fully saturated rings. The second kappa shape index (κ2) is 17.9. The number of nitrogens with zero attached hydrogens (tertiary/aromatic N) is 4. The molecule has 61 heavy (non-hydrogen) atoms. The number of imide groups is 2. The first kappa shape index (κ1) is 41.0. The number of fused-ring (bicyclic) bond motifs is 3. The van der Waals surface area contributed by atoms with Crippen LogP contribution in [0.5, 0.6) is 5.75 Å². The molecule has 10 nitrogen and oxygen atoms in total. The number of anilines is 1. The summed E-state index contributed by atoms with van der Waals surface area (Å²) in [7, 11) is 0. The lowest BCUT2D eigenvalue weighted by Crippen LogP contribution is -2.55. The molecular formula is C49H51ClFN5O5. The van der Waals surface area contributed by atoms with Gasteiger partial charge in [0.25, 0.3) is 11.8 Å². The van der Waals surface area contributed by atoms with Crippen LogP contribution in [0.25, 0.3) is 11.1 Å². The normalized spacial score (nSPS) is 22.7. The Morgan fingerprint density at radius 3 is 2.00 bits per heavy atom. The SMILES string of the molecule is O=C1CCC(N2C(=O)c3cc(F)c(N4C5CCC4CN(CC4CCN(CCOc6ccc(C(=C(CCCl)c7ccccc7)c7ccccc7)cc6)CC4)C5)cc3C2=O)C(=O)N1. The fourth-order valence-corrected chi connectivity index (χ4v) is 10.4. The molecule has 9 rings (SSSR count). The Labute approximate surface area is 361 Å². The van der Waals surface area contributed by atoms with Crippen molar-refractivity contribution in [2.45, 2.75) is 63.1 Å². The highest BCUT2D eigenvalue weighted by molar-refractivity contribution is 6.24. The van der Waals surface area contributed by atoms with Crippen LogP contribution in [0, 0.1) is 11.7 Å². The number of amides is 4. The van der Waals surface area contributed by atoms with E-state index in [0.717, 1.165) is 99.2 Å². The second-order valence-corrected chi connectivity index (χ2v) is 17.4. The van der Waals surface area contributed by atoms with Crippen LogP contribution in [0.1, 0.15) is 82.4 Å². The van der Waals surface area contributed by atoms with Crippen LogP contribution in [0.4, 0.5) is 10.1 Å². The number of nitrogens with one attached hydrogen (secondary N) is 1. The fourth-order valence-electron chi connectivity index (χ4n) is 10.2. The largest absolute Gasteiger partial charge is 0.492 e. The van der Waals surface area contributed by atoms with Crippen LogP contribution in [-0.2, 0) is 9.59 Å². The van der Waals surface area contributed by atoms with E-state index in [-0.39, 0.29) is 36.1 Å². The molecule has 316 valence electrons. The molecule has 0 radical (unpaired) electrons. The lowest BCUT2D eigenvalue weighted by atomic mass is 9.88. The number of carbonyl (C=O) groups excluding carboxylic acids is 4. The summed E-state index contributed by atoms with van der Waals surface area (Å²) in [6.45, 7) is 6.18. The number of rotatable bonds is 13. The number of allylic oxidation sites excluding steroid dienone is 1. The average molecular weight is 844 g/mol. The van der Waals surface area contributed by atoms with E-state index in [4.69, 9.17) is 16.3 Å². The highest BCUT2D eigenvalue weighted by atomic mass is 35.5. The van der Waals surface area contributed by atoms with E-state index in [9.17, 15) is 19.2 Å². The minimum absolute atomic E-state index is 0.0314. The van der Waals surface area contributed by atoms with Crippen LogP contribution >= 0.6 is 11.6 Å². The van der Waals surface area contributed by atoms with Gasteiger partial charge >= 0.3 is 0 Å². The lowest BCUT2D eigenvalue weighted by Gasteiger charge is -2.44. The maximum absolute atomic E-state index is 15.8. The summed E-state index contributed by atoms with van der Waals surface area (Å²) in [6.07, 6.45) is 4.94. The van der Waals surface area contributed by atoms with Crippen molar-refractivity contribution in [2.75, 3.05) is 56.7 Å². The van der Waals surface area contributed by atoms with E-state index in [0.29, 0.717) is 24.1 Å². The number of hydrogen-bond donors (Lipinski definition) is 1. The first-order valence-corrected chi connectivity index (χ1v) is 22.2. The molecular weight excluding hydrogens is 793 g/mol. The molecule has 5 aliphatic heterocycles. The van der Waals surface area contributed by atoms with Gasteiger partial charge in [-0.25, -0.2) is 4.39 Å². The Balaban J connectivity index is 0.765. The Morgan fingerprint density at radius 1 is 0.738 bits per heavy atom. The molecule has 0 aliphatic carbocycles. The zero-order valence-electron chi connectivity index (χ0n) is 34.2. The molecule has 5 heterocycles. The van der Waals surface area contributed by atoms with Gasteiger partial charge in [-0.1, -0.05) is 72.8 Å². The maximum Gasteiger partial charge on any atom is 0.262 e. The number of likely N-dealkylation sites (tertiary alicyclic amines) is 2. The van der Waals surface area contributed by atoms with Crippen LogP contribution in [0.2, 0.25) is 0 Å². The molecule has 4 saturated heterocycles. The lowest BCUT2D eigenvalue weighted by molar-refractivity contribution is -0.136. The van der Waals surface area contributed by atoms with Gasteiger partial charge in [0, 0.05) is 50.6 Å². The van der Waals surface area contributed by atoms with E-state index in [1.54, 1.807) is 0 Å². The van der Waals surface area contributed by atoms with Crippen molar-refractivity contribution < 1.29 is 28.3 Å². The third-order valence-electron chi connectivity index (χ3n) is 13.2. The van der Waals surface area contributed by atoms with Gasteiger partial charge < -0.3 is 9.64 Å². The minimum Gasteiger partial charge on any atom is -0.492 e. The van der Waals surface area contributed by atoms with Crippen molar-refractivity contribution in [3.8, 4) is 5.75 Å². The number of carbonyl (C=O) groups is 4.